The van der Waals surface area contributed by atoms with Crippen LogP contribution in [0.1, 0.15) is 23.2 Å². The van der Waals surface area contributed by atoms with E-state index in [4.69, 9.17) is 4.74 Å². The summed E-state index contributed by atoms with van der Waals surface area (Å²) in [6, 6.07) is 18.1. The van der Waals surface area contributed by atoms with Gasteiger partial charge in [-0.1, -0.05) is 30.3 Å². The smallest absolute Gasteiger partial charge is 0.252 e. The monoisotopic (exact) mass is 453 g/mol. The summed E-state index contributed by atoms with van der Waals surface area (Å²) >= 11 is 4.06. The lowest BCUT2D eigenvalue weighted by atomic mass is 9.99. The molecule has 3 nitrogen and oxygen atoms in total. The summed E-state index contributed by atoms with van der Waals surface area (Å²) in [5.41, 5.74) is 0.741. The van der Waals surface area contributed by atoms with Crippen LogP contribution < -0.4 is 5.32 Å². The first-order valence-electron chi connectivity index (χ1n) is 8.03. The maximum Gasteiger partial charge on any atom is 0.252 e. The Hall–Kier alpha value is -1.05. The molecule has 2 aromatic rings. The molecule has 0 radical (unpaired) electrons. The fourth-order valence-corrected chi connectivity index (χ4v) is 4.72. The first-order chi connectivity index (χ1) is 11.7. The van der Waals surface area contributed by atoms with Crippen LogP contribution in [-0.2, 0) is 4.74 Å². The lowest BCUT2D eigenvalue weighted by Crippen LogP contribution is -2.44. The first-order valence-corrected chi connectivity index (χ1v) is 9.93. The van der Waals surface area contributed by atoms with Crippen molar-refractivity contribution in [2.45, 2.75) is 22.5 Å². The fraction of sp³-hybridized carbons (Fsp3) is 0.316. The molecule has 0 atom stereocenters. The van der Waals surface area contributed by atoms with Crippen LogP contribution in [0.15, 0.2) is 59.5 Å². The molecule has 1 heterocycles. The highest BCUT2D eigenvalue weighted by molar-refractivity contribution is 14.1. The van der Waals surface area contributed by atoms with Crippen molar-refractivity contribution in [2.24, 2.45) is 0 Å². The van der Waals surface area contributed by atoms with Gasteiger partial charge in [-0.25, -0.2) is 0 Å². The molecule has 2 aromatic carbocycles. The Bertz CT molecular complexity index is 687. The van der Waals surface area contributed by atoms with E-state index in [2.05, 4.69) is 52.2 Å². The molecule has 0 unspecified atom stereocenters. The molecule has 1 amide bonds. The summed E-state index contributed by atoms with van der Waals surface area (Å²) in [7, 11) is 0. The van der Waals surface area contributed by atoms with Crippen molar-refractivity contribution in [3.05, 3.63) is 63.7 Å². The predicted octanol–water partition coefficient (Wildman–Crippen LogP) is 4.36. The molecule has 0 saturated carbocycles. The molecular formula is C19H20INO2S. The third-order valence-corrected chi connectivity index (χ3v) is 6.61. The van der Waals surface area contributed by atoms with E-state index in [-0.39, 0.29) is 10.7 Å². The zero-order chi connectivity index (χ0) is 16.8. The molecular weight excluding hydrogens is 433 g/mol. The summed E-state index contributed by atoms with van der Waals surface area (Å²) in [6.45, 7) is 2.15. The zero-order valence-electron chi connectivity index (χ0n) is 13.3. The van der Waals surface area contributed by atoms with Crippen LogP contribution in [0.5, 0.6) is 0 Å². The van der Waals surface area contributed by atoms with Gasteiger partial charge >= 0.3 is 0 Å². The van der Waals surface area contributed by atoms with Gasteiger partial charge in [0.25, 0.3) is 5.91 Å². The van der Waals surface area contributed by atoms with Gasteiger partial charge in [0, 0.05) is 33.0 Å². The average Bonchev–Trinajstić information content (AvgIpc) is 2.62. The standard InChI is InChI=1S/C19H20INO2S/c20-17-9-5-4-8-16(17)18(22)21-14-19(10-12-23-13-11-19)24-15-6-2-1-3-7-15/h1-9H,10-14H2,(H,21,22). The van der Waals surface area contributed by atoms with Gasteiger partial charge in [-0.3, -0.25) is 4.79 Å². The van der Waals surface area contributed by atoms with Crippen molar-refractivity contribution in [3.63, 3.8) is 0 Å². The fourth-order valence-electron chi connectivity index (χ4n) is 2.78. The van der Waals surface area contributed by atoms with E-state index in [0.29, 0.717) is 6.54 Å². The van der Waals surface area contributed by atoms with E-state index in [9.17, 15) is 4.79 Å². The number of hydrogen-bond acceptors (Lipinski definition) is 3. The van der Waals surface area contributed by atoms with Gasteiger partial charge in [0.1, 0.15) is 0 Å². The number of carbonyl (C=O) groups excluding carboxylic acids is 1. The number of halogens is 1. The molecule has 1 saturated heterocycles. The van der Waals surface area contributed by atoms with Crippen LogP contribution in [0, 0.1) is 3.57 Å². The minimum atomic E-state index is -0.00448. The molecule has 0 bridgehead atoms. The Kier molecular flexibility index (Phi) is 6.19. The molecule has 0 aromatic heterocycles. The van der Waals surface area contributed by atoms with E-state index in [0.717, 1.165) is 35.2 Å². The van der Waals surface area contributed by atoms with Crippen molar-refractivity contribution < 1.29 is 9.53 Å². The Labute approximate surface area is 160 Å². The van der Waals surface area contributed by atoms with Gasteiger partial charge in [-0.2, -0.15) is 0 Å². The Balaban J connectivity index is 1.70. The van der Waals surface area contributed by atoms with Crippen molar-refractivity contribution in [1.29, 1.82) is 0 Å². The molecule has 24 heavy (non-hydrogen) atoms. The third-order valence-electron chi connectivity index (χ3n) is 4.17. The third kappa shape index (κ3) is 4.52. The van der Waals surface area contributed by atoms with Crippen molar-refractivity contribution in [2.75, 3.05) is 19.8 Å². The quantitative estimate of drug-likeness (QED) is 0.684. The number of hydrogen-bond donors (Lipinski definition) is 1. The maximum atomic E-state index is 12.5. The predicted molar refractivity (Wildman–Crippen MR) is 107 cm³/mol. The van der Waals surface area contributed by atoms with Gasteiger partial charge in [-0.15, -0.1) is 11.8 Å². The topological polar surface area (TPSA) is 38.3 Å². The van der Waals surface area contributed by atoms with Crippen molar-refractivity contribution in [1.82, 2.24) is 5.32 Å². The Morgan fingerprint density at radius 3 is 2.46 bits per heavy atom. The number of nitrogens with one attached hydrogen (secondary N) is 1. The normalized spacial score (nSPS) is 16.5. The molecule has 126 valence electrons. The second-order valence-electron chi connectivity index (χ2n) is 5.87. The van der Waals surface area contributed by atoms with Crippen molar-refractivity contribution in [3.8, 4) is 0 Å². The summed E-state index contributed by atoms with van der Waals surface area (Å²) < 4.78 is 6.52. The van der Waals surface area contributed by atoms with Crippen LogP contribution in [0.3, 0.4) is 0 Å². The minimum absolute atomic E-state index is 0.000437. The van der Waals surface area contributed by atoms with Crippen molar-refractivity contribution >= 4 is 40.3 Å². The molecule has 0 aliphatic carbocycles. The minimum Gasteiger partial charge on any atom is -0.381 e. The van der Waals surface area contributed by atoms with Gasteiger partial charge < -0.3 is 10.1 Å². The van der Waals surface area contributed by atoms with E-state index in [1.54, 1.807) is 0 Å². The van der Waals surface area contributed by atoms with E-state index in [1.807, 2.05) is 42.1 Å². The molecule has 3 rings (SSSR count). The first kappa shape index (κ1) is 17.8. The SMILES string of the molecule is O=C(NCC1(Sc2ccccc2)CCOCC1)c1ccccc1I. The van der Waals surface area contributed by atoms with Gasteiger partial charge in [0.05, 0.1) is 5.56 Å². The lowest BCUT2D eigenvalue weighted by Gasteiger charge is -2.36. The number of ether oxygens (including phenoxy) is 1. The summed E-state index contributed by atoms with van der Waals surface area (Å²) in [4.78, 5) is 13.8. The van der Waals surface area contributed by atoms with Gasteiger partial charge in [0.15, 0.2) is 0 Å². The molecule has 1 aliphatic heterocycles. The average molecular weight is 453 g/mol. The molecule has 0 spiro atoms. The zero-order valence-corrected chi connectivity index (χ0v) is 16.3. The molecule has 1 aliphatic rings. The molecule has 1 N–H and O–H groups in total. The molecule has 5 heteroatoms. The second kappa shape index (κ2) is 8.36. The maximum absolute atomic E-state index is 12.5. The number of benzene rings is 2. The highest BCUT2D eigenvalue weighted by Gasteiger charge is 2.34. The van der Waals surface area contributed by atoms with Crippen LogP contribution in [0.4, 0.5) is 0 Å². The van der Waals surface area contributed by atoms with Crippen LogP contribution in [0.2, 0.25) is 0 Å². The van der Waals surface area contributed by atoms with Gasteiger partial charge in [0.2, 0.25) is 0 Å². The van der Waals surface area contributed by atoms with E-state index < -0.39 is 0 Å². The highest BCUT2D eigenvalue weighted by atomic mass is 127. The largest absolute Gasteiger partial charge is 0.381 e. The summed E-state index contributed by atoms with van der Waals surface area (Å²) in [6.07, 6.45) is 1.89. The number of carbonyl (C=O) groups is 1. The second-order valence-corrected chi connectivity index (χ2v) is 8.58. The summed E-state index contributed by atoms with van der Waals surface area (Å²) in [5.74, 6) is -0.000437. The summed E-state index contributed by atoms with van der Waals surface area (Å²) in [5, 5.41) is 3.15. The van der Waals surface area contributed by atoms with E-state index >= 15 is 0 Å². The number of rotatable bonds is 5. The van der Waals surface area contributed by atoms with Gasteiger partial charge in [-0.05, 0) is 59.7 Å². The highest BCUT2D eigenvalue weighted by Crippen LogP contribution is 2.40. The Morgan fingerprint density at radius 1 is 1.08 bits per heavy atom. The van der Waals surface area contributed by atoms with Crippen LogP contribution >= 0.6 is 34.4 Å². The van der Waals surface area contributed by atoms with E-state index in [1.165, 1.54) is 4.90 Å². The number of amides is 1. The Morgan fingerprint density at radius 2 is 1.75 bits per heavy atom. The van der Waals surface area contributed by atoms with Crippen LogP contribution in [-0.4, -0.2) is 30.4 Å². The molecule has 1 fully saturated rings. The lowest BCUT2D eigenvalue weighted by molar-refractivity contribution is 0.0741. The number of thioether (sulfide) groups is 1. The van der Waals surface area contributed by atoms with Crippen LogP contribution in [0.25, 0.3) is 0 Å².